The summed E-state index contributed by atoms with van der Waals surface area (Å²) < 4.78 is 11.1. The summed E-state index contributed by atoms with van der Waals surface area (Å²) in [5, 5.41) is 20.2. The standard InChI is InChI=1S/C41H66N6O8.C2H5.3HI.V/c1-27(2)23-30(44-38(52)55-39(3,4)5)20-19-29(24-28-15-11-10-12-16-28)36(50)46-22-14-18-33(46)35(49)45-32(34(42)48)17-13-21-43-37(51)54-31-25-40(6,7)47(53)41(8,9)26-31;1-2;;;;/h10-12,15-16,19-20,27,29-33,53H,13-14,17-18,21-26H2,1-9H3,(H2,42,48)(H,43,51)(H,44,52)(H,45,49);1H2,2H3;3*1H;/q;-1;;;;+3/p-3/b20-19+;;;;;/t29-,30-,32+,33+;;;;;/m1...../s1. The Morgan fingerprint density at radius 1 is 0.984 bits per heavy atom. The number of amides is 5. The molecule has 3 rings (SSSR count). The first kappa shape index (κ1) is 57.6. The number of ether oxygens (including phenoxy) is 2. The van der Waals surface area contributed by atoms with E-state index in [9.17, 15) is 29.2 Å². The average Bonchev–Trinajstić information content (AvgIpc) is 3.63. The number of carbonyl (C=O) groups is 5. The van der Waals surface area contributed by atoms with E-state index in [1.54, 1.807) is 32.6 Å². The molecule has 2 aliphatic rings. The fraction of sp³-hybridized carbons (Fsp3) is 0.674. The van der Waals surface area contributed by atoms with Crippen molar-refractivity contribution in [3.05, 3.63) is 55.0 Å². The zero-order chi connectivity index (χ0) is 46.7. The Bertz CT molecular complexity index is 1540. The second-order valence-corrected chi connectivity index (χ2v) is 53.2. The van der Waals surface area contributed by atoms with Crippen molar-refractivity contribution in [2.75, 3.05) is 13.1 Å². The van der Waals surface area contributed by atoms with Crippen molar-refractivity contribution in [1.82, 2.24) is 25.9 Å². The van der Waals surface area contributed by atoms with Gasteiger partial charge in [-0.25, -0.2) is 9.59 Å². The Kier molecular flexibility index (Phi) is 26.3. The zero-order valence-corrected chi connectivity index (χ0v) is 45.5. The predicted molar refractivity (Wildman–Crippen MR) is 263 cm³/mol. The van der Waals surface area contributed by atoms with Gasteiger partial charge in [0.1, 0.15) is 23.8 Å². The van der Waals surface area contributed by atoms with Gasteiger partial charge in [-0.05, 0) is 98.5 Å². The second kappa shape index (κ2) is 27.8. The van der Waals surface area contributed by atoms with E-state index in [1.807, 2.05) is 84.0 Å². The van der Waals surface area contributed by atoms with Gasteiger partial charge >= 0.3 is 77.0 Å². The number of rotatable bonds is 16. The molecule has 2 aliphatic heterocycles. The fourth-order valence-electron chi connectivity index (χ4n) is 7.55. The first-order valence-corrected chi connectivity index (χ1v) is 34.4. The van der Waals surface area contributed by atoms with Crippen LogP contribution in [0, 0.1) is 18.8 Å². The summed E-state index contributed by atoms with van der Waals surface area (Å²) in [6.07, 6.45) is 5.61. The van der Waals surface area contributed by atoms with Gasteiger partial charge in [-0.15, -0.1) is 0 Å². The van der Waals surface area contributed by atoms with E-state index >= 15 is 0 Å². The van der Waals surface area contributed by atoms with Gasteiger partial charge in [0.2, 0.25) is 17.7 Å². The van der Waals surface area contributed by atoms with E-state index in [4.69, 9.17) is 15.2 Å². The monoisotopic (exact) mass is 1230 g/mol. The van der Waals surface area contributed by atoms with Crippen molar-refractivity contribution < 1.29 is 43.6 Å². The third kappa shape index (κ3) is 22.4. The van der Waals surface area contributed by atoms with Crippen LogP contribution in [0.5, 0.6) is 0 Å². The van der Waals surface area contributed by atoms with E-state index < -0.39 is 58.7 Å². The summed E-state index contributed by atoms with van der Waals surface area (Å²) in [6.45, 7) is 22.6. The number of hydrogen-bond acceptors (Lipinski definition) is 9. The maximum absolute atomic E-state index is 14.3. The number of primary amides is 1. The van der Waals surface area contributed by atoms with Crippen LogP contribution in [0.15, 0.2) is 42.5 Å². The number of nitrogens with zero attached hydrogens (tertiary/aromatic N) is 2. The Labute approximate surface area is 402 Å². The van der Waals surface area contributed by atoms with Crippen molar-refractivity contribution in [2.45, 2.75) is 162 Å². The molecule has 0 bridgehead atoms. The number of hydrogen-bond donors (Lipinski definition) is 5. The molecule has 2 saturated heterocycles. The molecule has 6 N–H and O–H groups in total. The van der Waals surface area contributed by atoms with E-state index in [0.29, 0.717) is 51.5 Å². The van der Waals surface area contributed by atoms with Crippen LogP contribution in [-0.4, -0.2) is 99.1 Å². The number of alkyl carbamates (subject to hydrolysis) is 2. The van der Waals surface area contributed by atoms with Crippen molar-refractivity contribution in [1.29, 1.82) is 0 Å². The summed E-state index contributed by atoms with van der Waals surface area (Å²) in [4.78, 5) is 66.9. The van der Waals surface area contributed by atoms with Crippen LogP contribution < -0.4 is 21.7 Å². The number of likely N-dealkylation sites (tertiary alicyclic amines) is 1. The SMILES string of the molecule is CC(C)C[C@@H](/C=C/[C@H](Cc1ccccc1)C(=O)N1CCC[C@H]1C(=O)N[C@@H](CCCNC(=O)OC1CC(C)(C)N(O)C(C)(C)C1)C(N)=O)NC(=O)OC(C)(C)C.[CH2-]C.[I][V]([I])[I]. The van der Waals surface area contributed by atoms with Gasteiger partial charge in [0.25, 0.3) is 0 Å². The van der Waals surface area contributed by atoms with Gasteiger partial charge in [0.15, 0.2) is 0 Å². The molecule has 18 heteroatoms. The molecular formula is C43H71I3N6O8V-. The van der Waals surface area contributed by atoms with Gasteiger partial charge in [-0.3, -0.25) is 14.4 Å². The van der Waals surface area contributed by atoms with Crippen molar-refractivity contribution in [3.63, 3.8) is 0 Å². The molecular weight excluding hydrogens is 1160 g/mol. The van der Waals surface area contributed by atoms with E-state index in [2.05, 4.69) is 82.8 Å². The molecule has 61 heavy (non-hydrogen) atoms. The van der Waals surface area contributed by atoms with Crippen LogP contribution in [0.4, 0.5) is 9.59 Å². The Morgan fingerprint density at radius 2 is 1.56 bits per heavy atom. The molecule has 1 aromatic rings. The van der Waals surface area contributed by atoms with E-state index in [0.717, 1.165) is 5.56 Å². The van der Waals surface area contributed by atoms with E-state index in [-0.39, 0.29) is 41.9 Å². The number of nitrogens with two attached hydrogens (primary N) is 1. The molecule has 0 aromatic heterocycles. The summed E-state index contributed by atoms with van der Waals surface area (Å²) in [7, 11) is 0. The normalized spacial score (nSPS) is 19.1. The minimum absolute atomic E-state index is 0.173. The zero-order valence-electron chi connectivity index (χ0n) is 37.6. The van der Waals surface area contributed by atoms with Gasteiger partial charge in [-0.2, -0.15) is 12.0 Å². The average molecular weight is 1230 g/mol. The topological polar surface area (TPSA) is 193 Å². The fourth-order valence-corrected chi connectivity index (χ4v) is 7.55. The molecule has 348 valence electrons. The second-order valence-electron chi connectivity index (χ2n) is 17.8. The number of halogens is 3. The molecule has 0 unspecified atom stereocenters. The molecule has 0 saturated carbocycles. The van der Waals surface area contributed by atoms with E-state index in [1.165, 1.54) is 5.06 Å². The van der Waals surface area contributed by atoms with Crippen molar-refractivity contribution in [3.8, 4) is 0 Å². The Balaban J connectivity index is 0.00000292. The quantitative estimate of drug-likeness (QED) is 0.0466. The van der Waals surface area contributed by atoms with Crippen LogP contribution in [0.1, 0.15) is 120 Å². The molecule has 4 atom stereocenters. The molecule has 5 amide bonds. The van der Waals surface area contributed by atoms with Gasteiger partial charge < -0.3 is 48.2 Å². The molecule has 14 nitrogen and oxygen atoms in total. The molecule has 0 radical (unpaired) electrons. The summed E-state index contributed by atoms with van der Waals surface area (Å²) in [5.41, 5.74) is 4.82. The van der Waals surface area contributed by atoms with Gasteiger partial charge in [-0.1, -0.05) is 56.3 Å². The Morgan fingerprint density at radius 3 is 2.08 bits per heavy atom. The molecule has 0 spiro atoms. The van der Waals surface area contributed by atoms with Gasteiger partial charge in [0, 0.05) is 37.0 Å². The number of benzene rings is 1. The van der Waals surface area contributed by atoms with Crippen LogP contribution >= 0.6 is 59.9 Å². The summed E-state index contributed by atoms with van der Waals surface area (Å²) in [6, 6.07) is 7.42. The summed E-state index contributed by atoms with van der Waals surface area (Å²) >= 11 is 7.39. The first-order valence-electron chi connectivity index (χ1n) is 20.8. The van der Waals surface area contributed by atoms with Crippen LogP contribution in [0.2, 0.25) is 0 Å². The third-order valence-corrected chi connectivity index (χ3v) is 9.93. The molecule has 2 heterocycles. The van der Waals surface area contributed by atoms with Crippen molar-refractivity contribution >= 4 is 89.8 Å². The number of carbonyl (C=O) groups excluding carboxylic acids is 5. The van der Waals surface area contributed by atoms with Crippen LogP contribution in [0.25, 0.3) is 0 Å². The van der Waals surface area contributed by atoms with Gasteiger partial charge in [0.05, 0.1) is 12.0 Å². The molecule has 0 aliphatic carbocycles. The predicted octanol–water partition coefficient (Wildman–Crippen LogP) is 8.71. The maximum atomic E-state index is 14.3. The van der Waals surface area contributed by atoms with Crippen molar-refractivity contribution in [2.24, 2.45) is 17.6 Å². The number of hydroxylamine groups is 2. The summed E-state index contributed by atoms with van der Waals surface area (Å²) in [5.74, 6) is -1.79. The minimum atomic E-state index is -1.01. The number of piperidine rings is 1. The molecule has 1 aromatic carbocycles. The third-order valence-electron chi connectivity index (χ3n) is 9.93. The Hall–Kier alpha value is -1.40. The molecule has 2 fully saturated rings. The number of nitrogens with one attached hydrogen (secondary N) is 3. The van der Waals surface area contributed by atoms with Crippen LogP contribution in [0.3, 0.4) is 0 Å². The first-order chi connectivity index (χ1) is 28.3. The van der Waals surface area contributed by atoms with Crippen LogP contribution in [-0.2, 0) is 35.2 Å².